The summed E-state index contributed by atoms with van der Waals surface area (Å²) in [4.78, 5) is 25.9. The molecule has 0 atom stereocenters. The van der Waals surface area contributed by atoms with Crippen molar-refractivity contribution in [3.05, 3.63) is 63.6 Å². The first-order valence-corrected chi connectivity index (χ1v) is 7.46. The van der Waals surface area contributed by atoms with Crippen molar-refractivity contribution >= 4 is 38.6 Å². The normalized spacial score (nSPS) is 10.8. The highest BCUT2D eigenvalue weighted by atomic mass is 79.9. The number of benzene rings is 2. The first kappa shape index (κ1) is 14.6. The summed E-state index contributed by atoms with van der Waals surface area (Å²) in [5, 5.41) is 0. The van der Waals surface area contributed by atoms with Crippen molar-refractivity contribution in [1.29, 1.82) is 0 Å². The molecule has 0 saturated heterocycles. The van der Waals surface area contributed by atoms with Crippen molar-refractivity contribution in [2.75, 3.05) is 11.9 Å². The summed E-state index contributed by atoms with van der Waals surface area (Å²) in [6.45, 7) is -0.0757. The third-order valence-corrected chi connectivity index (χ3v) is 3.93. The van der Waals surface area contributed by atoms with Gasteiger partial charge in [-0.1, -0.05) is 34.1 Å². The Labute approximate surface area is 134 Å². The van der Waals surface area contributed by atoms with Gasteiger partial charge in [-0.25, -0.2) is 4.79 Å². The molecule has 0 unspecified atom stereocenters. The second kappa shape index (κ2) is 5.81. The summed E-state index contributed by atoms with van der Waals surface area (Å²) >= 11 is 3.36. The van der Waals surface area contributed by atoms with Gasteiger partial charge in [0.2, 0.25) is 5.91 Å². The van der Waals surface area contributed by atoms with E-state index in [1.54, 1.807) is 25.2 Å². The summed E-state index contributed by atoms with van der Waals surface area (Å²) in [7, 11) is 1.68. The number of nitrogens with zero attached hydrogens (tertiary/aromatic N) is 2. The largest absolute Gasteiger partial charge is 0.420 e. The van der Waals surface area contributed by atoms with Gasteiger partial charge in [-0.15, -0.1) is 0 Å². The molecule has 2 aromatic carbocycles. The van der Waals surface area contributed by atoms with Crippen LogP contribution in [0, 0.1) is 0 Å². The van der Waals surface area contributed by atoms with E-state index in [0.29, 0.717) is 11.1 Å². The van der Waals surface area contributed by atoms with Crippen LogP contribution in [0.4, 0.5) is 5.69 Å². The minimum atomic E-state index is -0.539. The molecule has 0 aliphatic heterocycles. The zero-order chi connectivity index (χ0) is 15.7. The molecule has 0 N–H and O–H groups in total. The van der Waals surface area contributed by atoms with Gasteiger partial charge in [-0.05, 0) is 30.3 Å². The van der Waals surface area contributed by atoms with Gasteiger partial charge < -0.3 is 9.32 Å². The molecule has 0 fully saturated rings. The average Bonchev–Trinajstić information content (AvgIpc) is 2.83. The highest BCUT2D eigenvalue weighted by Crippen LogP contribution is 2.19. The fraction of sp³-hybridized carbons (Fsp3) is 0.125. The zero-order valence-corrected chi connectivity index (χ0v) is 13.4. The second-order valence-corrected chi connectivity index (χ2v) is 5.77. The van der Waals surface area contributed by atoms with Crippen molar-refractivity contribution in [1.82, 2.24) is 4.57 Å². The smallest absolute Gasteiger partial charge is 0.408 e. The Hall–Kier alpha value is -2.34. The lowest BCUT2D eigenvalue weighted by Crippen LogP contribution is -2.32. The SMILES string of the molecule is CN(C(=O)Cn1c(=O)oc2ccc(Br)cc21)c1ccccc1. The first-order valence-electron chi connectivity index (χ1n) is 6.67. The Bertz CT molecular complexity index is 883. The van der Waals surface area contributed by atoms with E-state index in [4.69, 9.17) is 4.42 Å². The lowest BCUT2D eigenvalue weighted by molar-refractivity contribution is -0.118. The van der Waals surface area contributed by atoms with E-state index in [0.717, 1.165) is 10.2 Å². The molecule has 0 aliphatic rings. The highest BCUT2D eigenvalue weighted by molar-refractivity contribution is 9.10. The Morgan fingerprint density at radius 1 is 1.23 bits per heavy atom. The third-order valence-electron chi connectivity index (χ3n) is 3.44. The monoisotopic (exact) mass is 360 g/mol. The summed E-state index contributed by atoms with van der Waals surface area (Å²) in [6.07, 6.45) is 0. The molecule has 0 bridgehead atoms. The number of rotatable bonds is 3. The van der Waals surface area contributed by atoms with Gasteiger partial charge in [0.1, 0.15) is 6.54 Å². The van der Waals surface area contributed by atoms with Crippen molar-refractivity contribution < 1.29 is 9.21 Å². The number of anilines is 1. The Morgan fingerprint density at radius 3 is 2.68 bits per heavy atom. The van der Waals surface area contributed by atoms with Crippen LogP contribution < -0.4 is 10.7 Å². The number of halogens is 1. The number of hydrogen-bond acceptors (Lipinski definition) is 3. The predicted molar refractivity (Wildman–Crippen MR) is 88.0 cm³/mol. The van der Waals surface area contributed by atoms with Crippen LogP contribution >= 0.6 is 15.9 Å². The molecular weight excluding hydrogens is 348 g/mol. The third kappa shape index (κ3) is 2.69. The molecule has 1 heterocycles. The maximum atomic E-state index is 12.4. The minimum Gasteiger partial charge on any atom is -0.408 e. The number of hydrogen-bond donors (Lipinski definition) is 0. The quantitative estimate of drug-likeness (QED) is 0.721. The molecule has 3 aromatic rings. The average molecular weight is 361 g/mol. The van der Waals surface area contributed by atoms with E-state index < -0.39 is 5.76 Å². The van der Waals surface area contributed by atoms with Crippen molar-refractivity contribution in [3.63, 3.8) is 0 Å². The summed E-state index contributed by atoms with van der Waals surface area (Å²) < 4.78 is 7.31. The van der Waals surface area contributed by atoms with Crippen LogP contribution in [-0.4, -0.2) is 17.5 Å². The molecule has 0 spiro atoms. The summed E-state index contributed by atoms with van der Waals surface area (Å²) in [5.41, 5.74) is 1.83. The molecular formula is C16H13BrN2O3. The van der Waals surface area contributed by atoms with Crippen molar-refractivity contribution in [3.8, 4) is 0 Å². The predicted octanol–water partition coefficient (Wildman–Crippen LogP) is 3.02. The number of fused-ring (bicyclic) bond motifs is 1. The molecule has 5 nitrogen and oxygen atoms in total. The fourth-order valence-corrected chi connectivity index (χ4v) is 2.57. The van der Waals surface area contributed by atoms with E-state index in [2.05, 4.69) is 15.9 Å². The van der Waals surface area contributed by atoms with Gasteiger partial charge in [0, 0.05) is 17.2 Å². The Morgan fingerprint density at radius 2 is 1.95 bits per heavy atom. The van der Waals surface area contributed by atoms with Gasteiger partial charge in [-0.2, -0.15) is 0 Å². The van der Waals surface area contributed by atoms with E-state index in [1.165, 1.54) is 9.47 Å². The number of likely N-dealkylation sites (N-methyl/N-ethyl adjacent to an activating group) is 1. The van der Waals surface area contributed by atoms with Crippen LogP contribution in [0.5, 0.6) is 0 Å². The molecule has 6 heteroatoms. The molecule has 0 saturated carbocycles. The van der Waals surface area contributed by atoms with Crippen LogP contribution in [-0.2, 0) is 11.3 Å². The number of para-hydroxylation sites is 1. The topological polar surface area (TPSA) is 55.5 Å². The van der Waals surface area contributed by atoms with Crippen molar-refractivity contribution in [2.24, 2.45) is 0 Å². The zero-order valence-electron chi connectivity index (χ0n) is 11.8. The van der Waals surface area contributed by atoms with Gasteiger partial charge in [0.05, 0.1) is 5.52 Å². The highest BCUT2D eigenvalue weighted by Gasteiger charge is 2.16. The van der Waals surface area contributed by atoms with Crippen LogP contribution in [0.25, 0.3) is 11.1 Å². The van der Waals surface area contributed by atoms with E-state index in [1.807, 2.05) is 30.3 Å². The minimum absolute atomic E-state index is 0.0757. The molecule has 22 heavy (non-hydrogen) atoms. The van der Waals surface area contributed by atoms with Gasteiger partial charge >= 0.3 is 5.76 Å². The van der Waals surface area contributed by atoms with Gasteiger partial charge in [0.15, 0.2) is 5.58 Å². The molecule has 112 valence electrons. The summed E-state index contributed by atoms with van der Waals surface area (Å²) in [5.74, 6) is -0.737. The van der Waals surface area contributed by atoms with Crippen molar-refractivity contribution in [2.45, 2.75) is 6.54 Å². The molecule has 0 aliphatic carbocycles. The van der Waals surface area contributed by atoms with Crippen LogP contribution in [0.1, 0.15) is 0 Å². The van der Waals surface area contributed by atoms with E-state index in [9.17, 15) is 9.59 Å². The number of carbonyl (C=O) groups is 1. The number of aromatic nitrogens is 1. The maximum absolute atomic E-state index is 12.4. The van der Waals surface area contributed by atoms with E-state index in [-0.39, 0.29) is 12.5 Å². The molecule has 1 amide bonds. The van der Waals surface area contributed by atoms with Crippen LogP contribution in [0.15, 0.2) is 62.2 Å². The van der Waals surface area contributed by atoms with Gasteiger partial charge in [-0.3, -0.25) is 9.36 Å². The lowest BCUT2D eigenvalue weighted by atomic mass is 10.3. The van der Waals surface area contributed by atoms with Crippen LogP contribution in [0.2, 0.25) is 0 Å². The Kier molecular flexibility index (Phi) is 3.85. The lowest BCUT2D eigenvalue weighted by Gasteiger charge is -2.17. The van der Waals surface area contributed by atoms with Gasteiger partial charge in [0.25, 0.3) is 0 Å². The maximum Gasteiger partial charge on any atom is 0.420 e. The summed E-state index contributed by atoms with van der Waals surface area (Å²) in [6, 6.07) is 14.5. The second-order valence-electron chi connectivity index (χ2n) is 4.85. The number of oxazole rings is 1. The fourth-order valence-electron chi connectivity index (χ4n) is 2.22. The molecule has 1 aromatic heterocycles. The van der Waals surface area contributed by atoms with Crippen LogP contribution in [0.3, 0.4) is 0 Å². The Balaban J connectivity index is 1.93. The number of carbonyl (C=O) groups excluding carboxylic acids is 1. The standard InChI is InChI=1S/C16H13BrN2O3/c1-18(12-5-3-2-4-6-12)15(20)10-19-13-9-11(17)7-8-14(13)22-16(19)21/h2-9H,10H2,1H3. The van der Waals surface area contributed by atoms with E-state index >= 15 is 0 Å². The number of amides is 1. The molecule has 0 radical (unpaired) electrons. The first-order chi connectivity index (χ1) is 10.6. The molecule has 3 rings (SSSR count).